The van der Waals surface area contributed by atoms with Crippen molar-refractivity contribution >= 4 is 32.7 Å². The molecule has 0 aliphatic rings. The van der Waals surface area contributed by atoms with E-state index in [1.807, 2.05) is 56.3 Å². The molecule has 5 rings (SSSR count). The van der Waals surface area contributed by atoms with Crippen LogP contribution in [0.5, 0.6) is 5.75 Å². The number of halogens is 1. The molecular weight excluding hydrogens is 514 g/mol. The van der Waals surface area contributed by atoms with Crippen molar-refractivity contribution in [1.82, 2.24) is 4.57 Å². The van der Waals surface area contributed by atoms with Crippen molar-refractivity contribution in [2.24, 2.45) is 0 Å². The molecule has 0 amide bonds. The number of rotatable bonds is 7. The average molecular weight is 540 g/mol. The van der Waals surface area contributed by atoms with Crippen LogP contribution >= 0.6 is 15.9 Å². The van der Waals surface area contributed by atoms with Crippen molar-refractivity contribution < 1.29 is 14.3 Å². The lowest BCUT2D eigenvalue weighted by molar-refractivity contribution is 0.0526. The second-order valence-corrected chi connectivity index (χ2v) is 9.49. The number of nitrogens with zero attached hydrogens (tertiary/aromatic N) is 1. The third kappa shape index (κ3) is 4.93. The molecule has 0 aliphatic carbocycles. The molecule has 0 bridgehead atoms. The van der Waals surface area contributed by atoms with Crippen molar-refractivity contribution in [2.45, 2.75) is 20.5 Å². The van der Waals surface area contributed by atoms with Gasteiger partial charge in [-0.3, -0.25) is 0 Å². The minimum absolute atomic E-state index is 0.326. The number of carbonyl (C=O) groups is 1. The molecule has 0 saturated carbocycles. The summed E-state index contributed by atoms with van der Waals surface area (Å²) >= 11 is 3.63. The van der Waals surface area contributed by atoms with E-state index in [9.17, 15) is 4.79 Å². The molecule has 0 spiro atoms. The van der Waals surface area contributed by atoms with Crippen molar-refractivity contribution in [1.29, 1.82) is 0 Å². The number of esters is 1. The summed E-state index contributed by atoms with van der Waals surface area (Å²) in [6.07, 6.45) is 0. The number of benzene rings is 4. The fraction of sp³-hybridized carbons (Fsp3) is 0.129. The van der Waals surface area contributed by atoms with E-state index in [2.05, 4.69) is 69.0 Å². The summed E-state index contributed by atoms with van der Waals surface area (Å²) < 4.78 is 14.7. The molecule has 180 valence electrons. The first-order valence-electron chi connectivity index (χ1n) is 11.9. The Hall–Kier alpha value is -3.83. The smallest absolute Gasteiger partial charge is 0.338 e. The maximum Gasteiger partial charge on any atom is 0.338 e. The van der Waals surface area contributed by atoms with E-state index < -0.39 is 0 Å². The fourth-order valence-corrected chi connectivity index (χ4v) is 4.76. The van der Waals surface area contributed by atoms with Crippen LogP contribution in [0.1, 0.15) is 28.5 Å². The Morgan fingerprint density at radius 2 is 1.69 bits per heavy atom. The standard InChI is InChI=1S/C31H26BrNO3/c1-3-35-31(34)25-9-6-10-27(18-25)33-21(2)11-15-29(33)28-19-26(32)14-16-30(28)36-20-22-12-13-23-7-4-5-8-24(23)17-22/h4-19H,3,20H2,1-2H3. The van der Waals surface area contributed by atoms with Gasteiger partial charge in [0.2, 0.25) is 0 Å². The predicted octanol–water partition coefficient (Wildman–Crippen LogP) is 8.12. The zero-order chi connectivity index (χ0) is 25.1. The van der Waals surface area contributed by atoms with Crippen molar-refractivity contribution in [3.05, 3.63) is 118 Å². The van der Waals surface area contributed by atoms with Gasteiger partial charge in [-0.15, -0.1) is 0 Å². The Balaban J connectivity index is 1.50. The highest BCUT2D eigenvalue weighted by molar-refractivity contribution is 9.10. The molecule has 4 nitrogen and oxygen atoms in total. The second kappa shape index (κ2) is 10.4. The van der Waals surface area contributed by atoms with Gasteiger partial charge in [-0.1, -0.05) is 58.4 Å². The Morgan fingerprint density at radius 1 is 0.861 bits per heavy atom. The summed E-state index contributed by atoms with van der Waals surface area (Å²) in [6.45, 7) is 4.65. The van der Waals surface area contributed by atoms with Gasteiger partial charge in [0.1, 0.15) is 12.4 Å². The molecular formula is C31H26BrNO3. The van der Waals surface area contributed by atoms with E-state index >= 15 is 0 Å². The van der Waals surface area contributed by atoms with Crippen molar-refractivity contribution in [3.63, 3.8) is 0 Å². The van der Waals surface area contributed by atoms with E-state index in [1.54, 1.807) is 6.07 Å². The lowest BCUT2D eigenvalue weighted by Crippen LogP contribution is -2.07. The first-order chi connectivity index (χ1) is 17.5. The number of aromatic nitrogens is 1. The van der Waals surface area contributed by atoms with Crippen LogP contribution in [0, 0.1) is 6.92 Å². The first-order valence-corrected chi connectivity index (χ1v) is 12.7. The third-order valence-corrected chi connectivity index (χ3v) is 6.61. The van der Waals surface area contributed by atoms with Crippen LogP contribution in [0.3, 0.4) is 0 Å². The van der Waals surface area contributed by atoms with Crippen LogP contribution in [0.15, 0.2) is 102 Å². The summed E-state index contributed by atoms with van der Waals surface area (Å²) in [6, 6.07) is 32.4. The number of hydrogen-bond donors (Lipinski definition) is 0. The molecule has 4 aromatic carbocycles. The molecule has 0 radical (unpaired) electrons. The van der Waals surface area contributed by atoms with Crippen molar-refractivity contribution in [3.8, 4) is 22.7 Å². The quantitative estimate of drug-likeness (QED) is 0.196. The van der Waals surface area contributed by atoms with Crippen LogP contribution in [-0.4, -0.2) is 17.1 Å². The normalized spacial score (nSPS) is 11.0. The average Bonchev–Trinajstić information content (AvgIpc) is 3.29. The van der Waals surface area contributed by atoms with Gasteiger partial charge >= 0.3 is 5.97 Å². The van der Waals surface area contributed by atoms with E-state index in [0.717, 1.165) is 38.4 Å². The van der Waals surface area contributed by atoms with Gasteiger partial charge < -0.3 is 14.0 Å². The van der Waals surface area contributed by atoms with Crippen LogP contribution in [-0.2, 0) is 11.3 Å². The van der Waals surface area contributed by atoms with E-state index in [-0.39, 0.29) is 5.97 Å². The third-order valence-electron chi connectivity index (χ3n) is 6.12. The van der Waals surface area contributed by atoms with Crippen LogP contribution < -0.4 is 4.74 Å². The fourth-order valence-electron chi connectivity index (χ4n) is 4.40. The monoisotopic (exact) mass is 539 g/mol. The zero-order valence-electron chi connectivity index (χ0n) is 20.2. The minimum Gasteiger partial charge on any atom is -0.488 e. The predicted molar refractivity (Wildman–Crippen MR) is 148 cm³/mol. The summed E-state index contributed by atoms with van der Waals surface area (Å²) in [4.78, 5) is 12.3. The highest BCUT2D eigenvalue weighted by Crippen LogP contribution is 2.36. The van der Waals surface area contributed by atoms with Crippen molar-refractivity contribution in [2.75, 3.05) is 6.61 Å². The number of fused-ring (bicyclic) bond motifs is 1. The zero-order valence-corrected chi connectivity index (χ0v) is 21.8. The summed E-state index contributed by atoms with van der Waals surface area (Å²) in [5.74, 6) is 0.458. The molecule has 0 atom stereocenters. The topological polar surface area (TPSA) is 40.5 Å². The van der Waals surface area contributed by atoms with Gasteiger partial charge in [0.15, 0.2) is 0 Å². The van der Waals surface area contributed by atoms with Gasteiger partial charge in [-0.25, -0.2) is 4.79 Å². The second-order valence-electron chi connectivity index (χ2n) is 8.58. The Labute approximate surface area is 219 Å². The molecule has 5 heteroatoms. The molecule has 1 heterocycles. The maximum atomic E-state index is 12.3. The molecule has 0 aliphatic heterocycles. The number of ether oxygens (including phenoxy) is 2. The molecule has 36 heavy (non-hydrogen) atoms. The largest absolute Gasteiger partial charge is 0.488 e. The van der Waals surface area contributed by atoms with Gasteiger partial charge in [-0.05, 0) is 84.8 Å². The Bertz CT molecular complexity index is 1550. The highest BCUT2D eigenvalue weighted by Gasteiger charge is 2.16. The lowest BCUT2D eigenvalue weighted by atomic mass is 10.1. The van der Waals surface area contributed by atoms with Gasteiger partial charge in [0.25, 0.3) is 0 Å². The van der Waals surface area contributed by atoms with Gasteiger partial charge in [0, 0.05) is 21.4 Å². The summed E-state index contributed by atoms with van der Waals surface area (Å²) in [5.41, 5.74) is 5.50. The number of hydrogen-bond acceptors (Lipinski definition) is 3. The van der Waals surface area contributed by atoms with Crippen LogP contribution in [0.4, 0.5) is 0 Å². The van der Waals surface area contributed by atoms with E-state index in [0.29, 0.717) is 18.8 Å². The molecule has 1 aromatic heterocycles. The summed E-state index contributed by atoms with van der Waals surface area (Å²) in [7, 11) is 0. The highest BCUT2D eigenvalue weighted by atomic mass is 79.9. The van der Waals surface area contributed by atoms with Gasteiger partial charge in [-0.2, -0.15) is 0 Å². The number of carbonyl (C=O) groups excluding carboxylic acids is 1. The molecule has 0 fully saturated rings. The van der Waals surface area contributed by atoms with Crippen LogP contribution in [0.2, 0.25) is 0 Å². The Morgan fingerprint density at radius 3 is 2.53 bits per heavy atom. The van der Waals surface area contributed by atoms with E-state index in [1.165, 1.54) is 10.8 Å². The maximum absolute atomic E-state index is 12.3. The lowest BCUT2D eigenvalue weighted by Gasteiger charge is -2.17. The van der Waals surface area contributed by atoms with Crippen LogP contribution in [0.25, 0.3) is 27.7 Å². The minimum atomic E-state index is -0.326. The SMILES string of the molecule is CCOC(=O)c1cccc(-n2c(C)ccc2-c2cc(Br)ccc2OCc2ccc3ccccc3c2)c1. The number of aryl methyl sites for hydroxylation is 1. The van der Waals surface area contributed by atoms with E-state index in [4.69, 9.17) is 9.47 Å². The summed E-state index contributed by atoms with van der Waals surface area (Å²) in [5, 5.41) is 2.41. The molecule has 0 N–H and O–H groups in total. The Kier molecular flexibility index (Phi) is 6.92. The first kappa shape index (κ1) is 23.9. The molecule has 0 unspecified atom stereocenters. The van der Waals surface area contributed by atoms with Gasteiger partial charge in [0.05, 0.1) is 17.9 Å². The molecule has 0 saturated heterocycles. The molecule has 5 aromatic rings.